The number of hydrogen-bond acceptors (Lipinski definition) is 7. The number of anilines is 1. The second-order valence-electron chi connectivity index (χ2n) is 3.30. The molecule has 9 heteroatoms. The van der Waals surface area contributed by atoms with E-state index >= 15 is 0 Å². The molecule has 0 aliphatic rings. The first-order chi connectivity index (χ1) is 9.15. The normalized spacial score (nSPS) is 10.5. The molecule has 0 saturated heterocycles. The minimum absolute atomic E-state index is 0.275. The molecular weight excluding hydrogens is 270 g/mol. The lowest BCUT2D eigenvalue weighted by atomic mass is 10.2. The number of aliphatic carboxylic acids is 1. The van der Waals surface area contributed by atoms with Gasteiger partial charge in [0.1, 0.15) is 0 Å². The third-order valence-electron chi connectivity index (χ3n) is 1.96. The predicted octanol–water partition coefficient (Wildman–Crippen LogP) is 0.678. The lowest BCUT2D eigenvalue weighted by Gasteiger charge is -2.01. The van der Waals surface area contributed by atoms with Crippen LogP contribution < -0.4 is 5.32 Å². The highest BCUT2D eigenvalue weighted by molar-refractivity contribution is 7.09. The van der Waals surface area contributed by atoms with Crippen LogP contribution in [0.2, 0.25) is 0 Å². The Morgan fingerprint density at radius 3 is 2.89 bits per heavy atom. The van der Waals surface area contributed by atoms with Crippen LogP contribution in [0.3, 0.4) is 0 Å². The van der Waals surface area contributed by atoms with Gasteiger partial charge in [0.2, 0.25) is 5.13 Å². The van der Waals surface area contributed by atoms with Gasteiger partial charge in [0, 0.05) is 30.0 Å². The van der Waals surface area contributed by atoms with E-state index in [1.54, 1.807) is 0 Å². The van der Waals surface area contributed by atoms with E-state index in [9.17, 15) is 9.59 Å². The summed E-state index contributed by atoms with van der Waals surface area (Å²) in [5, 5.41) is 18.2. The fourth-order valence-electron chi connectivity index (χ4n) is 1.19. The second kappa shape index (κ2) is 5.78. The Hall–Kier alpha value is -2.68. The number of nitrogens with one attached hydrogen (secondary N) is 1. The highest BCUT2D eigenvalue weighted by Crippen LogP contribution is 2.10. The smallest absolute Gasteiger partial charge is 0.328 e. The van der Waals surface area contributed by atoms with Gasteiger partial charge in [-0.2, -0.15) is 0 Å². The van der Waals surface area contributed by atoms with Gasteiger partial charge < -0.3 is 5.11 Å². The first-order valence-electron chi connectivity index (χ1n) is 4.97. The average Bonchev–Trinajstić information content (AvgIpc) is 2.89. The fourth-order valence-corrected chi connectivity index (χ4v) is 1.55. The number of carboxylic acid groups (broad SMARTS) is 1. The highest BCUT2D eigenvalue weighted by Gasteiger charge is 2.09. The Labute approximate surface area is 111 Å². The van der Waals surface area contributed by atoms with Crippen molar-refractivity contribution in [2.75, 3.05) is 5.32 Å². The minimum Gasteiger partial charge on any atom is -0.478 e. The summed E-state index contributed by atoms with van der Waals surface area (Å²) in [6.07, 6.45) is 5.12. The van der Waals surface area contributed by atoms with Crippen LogP contribution in [0.5, 0.6) is 0 Å². The van der Waals surface area contributed by atoms with Crippen LogP contribution in [0, 0.1) is 0 Å². The number of pyridine rings is 1. The van der Waals surface area contributed by atoms with Gasteiger partial charge in [-0.1, -0.05) is 9.59 Å². The molecule has 0 spiro atoms. The molecule has 0 atom stereocenters. The average molecular weight is 277 g/mol. The predicted molar refractivity (Wildman–Crippen MR) is 66.6 cm³/mol. The van der Waals surface area contributed by atoms with Crippen molar-refractivity contribution in [3.63, 3.8) is 0 Å². The molecule has 0 saturated carbocycles. The highest BCUT2D eigenvalue weighted by atomic mass is 32.1. The lowest BCUT2D eigenvalue weighted by Crippen LogP contribution is -2.12. The number of carbonyl (C=O) groups excluding carboxylic acids is 1. The molecule has 2 aromatic heterocycles. The summed E-state index contributed by atoms with van der Waals surface area (Å²) < 4.78 is 3.51. The van der Waals surface area contributed by atoms with Crippen molar-refractivity contribution in [2.24, 2.45) is 0 Å². The molecule has 0 radical (unpaired) electrons. The van der Waals surface area contributed by atoms with E-state index < -0.39 is 11.9 Å². The van der Waals surface area contributed by atoms with Crippen LogP contribution in [0.15, 0.2) is 24.5 Å². The Balaban J connectivity index is 2.14. The molecule has 0 unspecified atom stereocenters. The summed E-state index contributed by atoms with van der Waals surface area (Å²) in [6.45, 7) is 0. The van der Waals surface area contributed by atoms with Crippen LogP contribution in [-0.2, 0) is 4.79 Å². The Morgan fingerprint density at radius 1 is 1.37 bits per heavy atom. The molecule has 8 nitrogen and oxygen atoms in total. The van der Waals surface area contributed by atoms with Crippen molar-refractivity contribution in [1.82, 2.24) is 19.8 Å². The monoisotopic (exact) mass is 277 g/mol. The number of hydrogen-bond donors (Lipinski definition) is 2. The van der Waals surface area contributed by atoms with Crippen LogP contribution >= 0.6 is 11.5 Å². The summed E-state index contributed by atoms with van der Waals surface area (Å²) in [5.74, 6) is -1.49. The van der Waals surface area contributed by atoms with Gasteiger partial charge in [-0.15, -0.1) is 0 Å². The summed E-state index contributed by atoms with van der Waals surface area (Å²) >= 11 is 0.948. The topological polar surface area (TPSA) is 118 Å². The summed E-state index contributed by atoms with van der Waals surface area (Å²) in [5.41, 5.74) is 0.785. The maximum atomic E-state index is 11.8. The van der Waals surface area contributed by atoms with Crippen molar-refractivity contribution in [2.45, 2.75) is 0 Å². The maximum Gasteiger partial charge on any atom is 0.328 e. The molecule has 0 aliphatic carbocycles. The quantitative estimate of drug-likeness (QED) is 0.789. The summed E-state index contributed by atoms with van der Waals surface area (Å²) in [6, 6.07) is 1.51. The Morgan fingerprint density at radius 2 is 2.21 bits per heavy atom. The third kappa shape index (κ3) is 3.64. The van der Waals surface area contributed by atoms with Gasteiger partial charge in [0.25, 0.3) is 5.91 Å². The molecule has 1 amide bonds. The van der Waals surface area contributed by atoms with Gasteiger partial charge in [0.05, 0.1) is 5.56 Å². The second-order valence-corrected chi connectivity index (χ2v) is 4.03. The van der Waals surface area contributed by atoms with E-state index in [4.69, 9.17) is 5.11 Å². The first-order valence-corrected chi connectivity index (χ1v) is 5.75. The summed E-state index contributed by atoms with van der Waals surface area (Å²) in [7, 11) is 0. The van der Waals surface area contributed by atoms with Crippen LogP contribution in [0.25, 0.3) is 6.08 Å². The first kappa shape index (κ1) is 12.8. The van der Waals surface area contributed by atoms with Gasteiger partial charge in [-0.3, -0.25) is 15.1 Å². The van der Waals surface area contributed by atoms with Crippen LogP contribution in [0.4, 0.5) is 5.13 Å². The van der Waals surface area contributed by atoms with E-state index in [0.717, 1.165) is 17.6 Å². The zero-order chi connectivity index (χ0) is 13.7. The van der Waals surface area contributed by atoms with E-state index in [-0.39, 0.29) is 10.7 Å². The summed E-state index contributed by atoms with van der Waals surface area (Å²) in [4.78, 5) is 26.1. The van der Waals surface area contributed by atoms with Gasteiger partial charge in [-0.05, 0) is 22.9 Å². The molecule has 0 aromatic carbocycles. The molecule has 19 heavy (non-hydrogen) atoms. The van der Waals surface area contributed by atoms with E-state index in [2.05, 4.69) is 25.1 Å². The zero-order valence-corrected chi connectivity index (χ0v) is 10.2. The van der Waals surface area contributed by atoms with E-state index in [0.29, 0.717) is 5.56 Å². The largest absolute Gasteiger partial charge is 0.478 e. The van der Waals surface area contributed by atoms with Gasteiger partial charge in [-0.25, -0.2) is 4.79 Å². The Kier molecular flexibility index (Phi) is 3.88. The number of aromatic nitrogens is 4. The number of nitrogens with zero attached hydrogens (tertiary/aromatic N) is 4. The maximum absolute atomic E-state index is 11.8. The zero-order valence-electron chi connectivity index (χ0n) is 9.35. The van der Waals surface area contributed by atoms with Crippen molar-refractivity contribution in [1.29, 1.82) is 0 Å². The number of rotatable bonds is 4. The van der Waals surface area contributed by atoms with Gasteiger partial charge >= 0.3 is 5.97 Å². The number of carboxylic acids is 1. The molecular formula is C10H7N5O3S. The van der Waals surface area contributed by atoms with Crippen LogP contribution in [0.1, 0.15) is 15.9 Å². The molecule has 2 heterocycles. The molecule has 0 fully saturated rings. The molecule has 2 aromatic rings. The molecule has 0 bridgehead atoms. The minimum atomic E-state index is -1.07. The SMILES string of the molecule is O=C(O)/C=C/c1cncc(C(=O)Nc2nnns2)c1. The molecule has 96 valence electrons. The van der Waals surface area contributed by atoms with Crippen LogP contribution in [-0.4, -0.2) is 36.8 Å². The van der Waals surface area contributed by atoms with Crippen molar-refractivity contribution in [3.8, 4) is 0 Å². The number of amides is 1. The lowest BCUT2D eigenvalue weighted by molar-refractivity contribution is -0.131. The molecule has 0 aliphatic heterocycles. The van der Waals surface area contributed by atoms with Crippen molar-refractivity contribution < 1.29 is 14.7 Å². The van der Waals surface area contributed by atoms with Crippen molar-refractivity contribution in [3.05, 3.63) is 35.7 Å². The molecule has 2 rings (SSSR count). The molecule has 2 N–H and O–H groups in total. The van der Waals surface area contributed by atoms with E-state index in [1.165, 1.54) is 24.5 Å². The van der Waals surface area contributed by atoms with E-state index in [1.807, 2.05) is 0 Å². The fraction of sp³-hybridized carbons (Fsp3) is 0. The standard InChI is InChI=1S/C10H7N5O3S/c16-8(17)2-1-6-3-7(5-11-4-6)9(18)12-10-13-14-15-19-10/h1-5H,(H,16,17)(H,12,13,15,18)/b2-1+. The Bertz CT molecular complexity index is 626. The van der Waals surface area contributed by atoms with Gasteiger partial charge in [0.15, 0.2) is 0 Å². The third-order valence-corrected chi connectivity index (χ3v) is 2.47. The number of carbonyl (C=O) groups is 2. The van der Waals surface area contributed by atoms with Crippen molar-refractivity contribution >= 4 is 34.6 Å².